The van der Waals surface area contributed by atoms with Gasteiger partial charge in [-0.15, -0.1) is 0 Å². The van der Waals surface area contributed by atoms with Gasteiger partial charge in [0.1, 0.15) is 18.7 Å². The van der Waals surface area contributed by atoms with Crippen LogP contribution >= 0.6 is 0 Å². The molecular weight excluding hydrogens is 220 g/mol. The van der Waals surface area contributed by atoms with E-state index in [-0.39, 0.29) is 12.2 Å². The van der Waals surface area contributed by atoms with E-state index in [1.165, 1.54) is 6.92 Å². The predicted molar refractivity (Wildman–Crippen MR) is 51.1 cm³/mol. The molecule has 0 aliphatic heterocycles. The summed E-state index contributed by atoms with van der Waals surface area (Å²) in [7, 11) is 0. The second-order valence-corrected chi connectivity index (χ2v) is 3.85. The highest BCUT2D eigenvalue weighted by Crippen LogP contribution is 2.15. The highest BCUT2D eigenvalue weighted by atomic mass is 19.3. The number of nitrogens with zero attached hydrogens (tertiary/aromatic N) is 3. The number of carboxylic acids is 1. The van der Waals surface area contributed by atoms with Gasteiger partial charge in [-0.1, -0.05) is 6.92 Å². The Bertz CT molecular complexity index is 373. The van der Waals surface area contributed by atoms with E-state index in [9.17, 15) is 13.6 Å². The maximum Gasteiger partial charge on any atom is 0.306 e. The summed E-state index contributed by atoms with van der Waals surface area (Å²) in [5, 5.41) is 12.3. The molecule has 0 bridgehead atoms. The molecule has 0 saturated carbocycles. The van der Waals surface area contributed by atoms with Crippen LogP contribution in [-0.2, 0) is 17.8 Å². The molecular formula is C9H13F2N3O2. The van der Waals surface area contributed by atoms with Crippen LogP contribution in [0.25, 0.3) is 0 Å². The Balaban J connectivity index is 2.75. The van der Waals surface area contributed by atoms with Crippen molar-refractivity contribution in [2.45, 2.75) is 32.7 Å². The van der Waals surface area contributed by atoms with E-state index in [2.05, 4.69) is 10.1 Å². The third kappa shape index (κ3) is 3.56. The van der Waals surface area contributed by atoms with Crippen molar-refractivity contribution in [2.24, 2.45) is 5.92 Å². The van der Waals surface area contributed by atoms with Crippen molar-refractivity contribution >= 4 is 5.97 Å². The molecule has 1 atom stereocenters. The zero-order chi connectivity index (χ0) is 12.3. The van der Waals surface area contributed by atoms with Crippen LogP contribution in [0, 0.1) is 5.92 Å². The van der Waals surface area contributed by atoms with Gasteiger partial charge < -0.3 is 5.11 Å². The summed E-state index contributed by atoms with van der Waals surface area (Å²) in [5.41, 5.74) is 0. The lowest BCUT2D eigenvalue weighted by atomic mass is 10.1. The highest BCUT2D eigenvalue weighted by Gasteiger charge is 2.25. The van der Waals surface area contributed by atoms with Gasteiger partial charge in [-0.05, 0) is 0 Å². The van der Waals surface area contributed by atoms with E-state index in [0.717, 1.165) is 17.9 Å². The number of hydrogen-bond acceptors (Lipinski definition) is 3. The fourth-order valence-corrected chi connectivity index (χ4v) is 1.20. The zero-order valence-corrected chi connectivity index (χ0v) is 9.02. The van der Waals surface area contributed by atoms with Crippen molar-refractivity contribution < 1.29 is 18.7 Å². The van der Waals surface area contributed by atoms with Crippen LogP contribution in [0.4, 0.5) is 8.78 Å². The van der Waals surface area contributed by atoms with Crippen LogP contribution in [0.1, 0.15) is 19.7 Å². The molecule has 0 aromatic carbocycles. The number of aliphatic carboxylic acids is 1. The van der Waals surface area contributed by atoms with Crippen LogP contribution in [0.2, 0.25) is 0 Å². The van der Waals surface area contributed by atoms with Crippen LogP contribution in [0.15, 0.2) is 6.33 Å². The van der Waals surface area contributed by atoms with Gasteiger partial charge in [-0.25, -0.2) is 18.4 Å². The van der Waals surface area contributed by atoms with Crippen molar-refractivity contribution in [1.82, 2.24) is 14.8 Å². The number of halogens is 2. The van der Waals surface area contributed by atoms with E-state index >= 15 is 0 Å². The standard InChI is InChI=1S/C9H13F2N3O2/c1-6(8(15)16)3-7-12-5-13-14(7)4-9(2,10)11/h5-6H,3-4H2,1-2H3,(H,15,16). The third-order valence-electron chi connectivity index (χ3n) is 2.03. The number of carboxylic acid groups (broad SMARTS) is 1. The Labute approximate surface area is 91.1 Å². The molecule has 1 heterocycles. The topological polar surface area (TPSA) is 68.0 Å². The van der Waals surface area contributed by atoms with Crippen LogP contribution in [0.5, 0.6) is 0 Å². The van der Waals surface area contributed by atoms with Crippen molar-refractivity contribution in [1.29, 1.82) is 0 Å². The SMILES string of the molecule is CC(Cc1ncnn1CC(C)(F)F)C(=O)O. The van der Waals surface area contributed by atoms with Crippen LogP contribution < -0.4 is 0 Å². The lowest BCUT2D eigenvalue weighted by Crippen LogP contribution is -2.23. The Morgan fingerprint density at radius 2 is 2.31 bits per heavy atom. The van der Waals surface area contributed by atoms with E-state index in [4.69, 9.17) is 5.11 Å². The molecule has 0 amide bonds. The maximum atomic E-state index is 12.8. The summed E-state index contributed by atoms with van der Waals surface area (Å²) in [6.45, 7) is 1.68. The number of carbonyl (C=O) groups is 1. The minimum Gasteiger partial charge on any atom is -0.481 e. The molecule has 1 unspecified atom stereocenters. The Morgan fingerprint density at radius 3 is 2.81 bits per heavy atom. The van der Waals surface area contributed by atoms with Crippen molar-refractivity contribution in [3.63, 3.8) is 0 Å². The minimum absolute atomic E-state index is 0.0887. The molecule has 0 aliphatic carbocycles. The first-order valence-electron chi connectivity index (χ1n) is 4.77. The van der Waals surface area contributed by atoms with Gasteiger partial charge in [0.25, 0.3) is 5.92 Å². The Morgan fingerprint density at radius 1 is 1.69 bits per heavy atom. The first kappa shape index (κ1) is 12.5. The first-order chi connectivity index (χ1) is 7.29. The molecule has 0 spiro atoms. The molecule has 0 saturated heterocycles. The predicted octanol–water partition coefficient (Wildman–Crippen LogP) is 1.20. The summed E-state index contributed by atoms with van der Waals surface area (Å²) < 4.78 is 26.6. The highest BCUT2D eigenvalue weighted by molar-refractivity contribution is 5.69. The Hall–Kier alpha value is -1.53. The Kier molecular flexibility index (Phi) is 3.56. The van der Waals surface area contributed by atoms with Crippen LogP contribution in [-0.4, -0.2) is 31.8 Å². The van der Waals surface area contributed by atoms with Gasteiger partial charge in [0, 0.05) is 13.3 Å². The fourth-order valence-electron chi connectivity index (χ4n) is 1.20. The first-order valence-corrected chi connectivity index (χ1v) is 4.77. The van der Waals surface area contributed by atoms with Crippen molar-refractivity contribution in [2.75, 3.05) is 0 Å². The molecule has 1 rings (SSSR count). The third-order valence-corrected chi connectivity index (χ3v) is 2.03. The largest absolute Gasteiger partial charge is 0.481 e. The quantitative estimate of drug-likeness (QED) is 0.829. The lowest BCUT2D eigenvalue weighted by molar-refractivity contribution is -0.141. The van der Waals surface area contributed by atoms with Gasteiger partial charge in [0.2, 0.25) is 0 Å². The van der Waals surface area contributed by atoms with Gasteiger partial charge >= 0.3 is 5.97 Å². The van der Waals surface area contributed by atoms with E-state index in [1.54, 1.807) is 0 Å². The van der Waals surface area contributed by atoms with Gasteiger partial charge in [0.05, 0.1) is 5.92 Å². The molecule has 90 valence electrons. The number of hydrogen-bond donors (Lipinski definition) is 1. The summed E-state index contributed by atoms with van der Waals surface area (Å²) in [4.78, 5) is 14.4. The number of alkyl halides is 2. The molecule has 0 radical (unpaired) electrons. The van der Waals surface area contributed by atoms with Crippen molar-refractivity contribution in [3.8, 4) is 0 Å². The van der Waals surface area contributed by atoms with Crippen LogP contribution in [0.3, 0.4) is 0 Å². The van der Waals surface area contributed by atoms with Crippen molar-refractivity contribution in [3.05, 3.63) is 12.2 Å². The summed E-state index contributed by atoms with van der Waals surface area (Å²) in [5.74, 6) is -4.29. The minimum atomic E-state index is -2.89. The van der Waals surface area contributed by atoms with Gasteiger partial charge in [0.15, 0.2) is 0 Å². The van der Waals surface area contributed by atoms with E-state index in [1.807, 2.05) is 0 Å². The molecule has 7 heteroatoms. The van der Waals surface area contributed by atoms with Gasteiger partial charge in [-0.3, -0.25) is 4.79 Å². The summed E-state index contributed by atoms with van der Waals surface area (Å²) in [6.07, 6.45) is 1.24. The molecule has 16 heavy (non-hydrogen) atoms. The zero-order valence-electron chi connectivity index (χ0n) is 9.02. The lowest BCUT2D eigenvalue weighted by Gasteiger charge is -2.12. The van der Waals surface area contributed by atoms with E-state index in [0.29, 0.717) is 0 Å². The van der Waals surface area contributed by atoms with Gasteiger partial charge in [-0.2, -0.15) is 5.10 Å². The molecule has 0 fully saturated rings. The average molecular weight is 233 g/mol. The monoisotopic (exact) mass is 233 g/mol. The molecule has 1 N–H and O–H groups in total. The molecule has 0 aliphatic rings. The normalized spacial score (nSPS) is 13.8. The number of aromatic nitrogens is 3. The second-order valence-electron chi connectivity index (χ2n) is 3.85. The summed E-state index contributed by atoms with van der Waals surface area (Å²) in [6, 6.07) is 0. The smallest absolute Gasteiger partial charge is 0.306 e. The molecule has 1 aromatic rings. The second kappa shape index (κ2) is 4.54. The molecule has 1 aromatic heterocycles. The summed E-state index contributed by atoms with van der Waals surface area (Å²) >= 11 is 0. The van der Waals surface area contributed by atoms with E-state index < -0.39 is 24.4 Å². The maximum absolute atomic E-state index is 12.8. The average Bonchev–Trinajstić information content (AvgIpc) is 2.49. The fraction of sp³-hybridized carbons (Fsp3) is 0.667. The number of rotatable bonds is 5. The molecule has 5 nitrogen and oxygen atoms in total.